The first kappa shape index (κ1) is 12.8. The summed E-state index contributed by atoms with van der Waals surface area (Å²) >= 11 is 1.60. The molecule has 1 heterocycles. The Morgan fingerprint density at radius 3 is 2.78 bits per heavy atom. The predicted molar refractivity (Wildman–Crippen MR) is 72.7 cm³/mol. The molecule has 0 saturated carbocycles. The molecule has 18 heavy (non-hydrogen) atoms. The average Bonchev–Trinajstić information content (AvgIpc) is 2.81. The van der Waals surface area contributed by atoms with Gasteiger partial charge in [-0.25, -0.2) is 5.10 Å². The van der Waals surface area contributed by atoms with E-state index in [4.69, 9.17) is 10.5 Å². The fourth-order valence-electron chi connectivity index (χ4n) is 1.40. The van der Waals surface area contributed by atoms with Gasteiger partial charge in [0.25, 0.3) is 0 Å². The molecule has 0 saturated heterocycles. The Morgan fingerprint density at radius 2 is 2.06 bits per heavy atom. The summed E-state index contributed by atoms with van der Waals surface area (Å²) in [5.74, 6) is 2.26. The van der Waals surface area contributed by atoms with Crippen LogP contribution in [0.4, 0.5) is 5.95 Å². The number of thioether (sulfide) groups is 1. The number of benzene rings is 1. The minimum Gasteiger partial charge on any atom is -0.494 e. The number of ether oxygens (including phenoxy) is 1. The van der Waals surface area contributed by atoms with Crippen molar-refractivity contribution < 1.29 is 4.74 Å². The maximum Gasteiger partial charge on any atom is 0.216 e. The Morgan fingerprint density at radius 1 is 1.22 bits per heavy atom. The lowest BCUT2D eigenvalue weighted by atomic mass is 10.3. The third-order valence-electron chi connectivity index (χ3n) is 2.26. The van der Waals surface area contributed by atoms with E-state index in [1.54, 1.807) is 11.8 Å². The second-order valence-electron chi connectivity index (χ2n) is 3.72. The van der Waals surface area contributed by atoms with Crippen molar-refractivity contribution in [1.82, 2.24) is 15.2 Å². The quantitative estimate of drug-likeness (QED) is 0.593. The summed E-state index contributed by atoms with van der Waals surface area (Å²) in [5, 5.41) is 7.27. The lowest BCUT2D eigenvalue weighted by molar-refractivity contribution is 0.310. The van der Waals surface area contributed by atoms with Gasteiger partial charge in [0.2, 0.25) is 11.1 Å². The molecule has 2 rings (SSSR count). The summed E-state index contributed by atoms with van der Waals surface area (Å²) in [7, 11) is 0. The van der Waals surface area contributed by atoms with E-state index in [1.807, 2.05) is 30.3 Å². The Labute approximate surface area is 110 Å². The number of aromatic amines is 1. The van der Waals surface area contributed by atoms with Crippen molar-refractivity contribution in [1.29, 1.82) is 0 Å². The van der Waals surface area contributed by atoms with Crippen LogP contribution in [0.25, 0.3) is 0 Å². The molecule has 0 spiro atoms. The zero-order valence-electron chi connectivity index (χ0n) is 10.0. The molecule has 1 aromatic heterocycles. The van der Waals surface area contributed by atoms with Crippen molar-refractivity contribution in [3.8, 4) is 5.75 Å². The minimum absolute atomic E-state index is 0.366. The zero-order valence-corrected chi connectivity index (χ0v) is 10.8. The lowest BCUT2D eigenvalue weighted by Crippen LogP contribution is -1.97. The molecule has 0 atom stereocenters. The molecule has 0 aliphatic rings. The molecule has 3 N–H and O–H groups in total. The molecule has 0 unspecified atom stereocenters. The number of nitrogens with zero attached hydrogens (tertiary/aromatic N) is 2. The summed E-state index contributed by atoms with van der Waals surface area (Å²) < 4.78 is 5.60. The molecule has 0 bridgehead atoms. The SMILES string of the molecule is Nc1nc(SCCCCOc2ccccc2)n[nH]1. The largest absolute Gasteiger partial charge is 0.494 e. The Bertz CT molecular complexity index is 460. The van der Waals surface area contributed by atoms with Crippen LogP contribution in [0.15, 0.2) is 35.5 Å². The molecule has 6 heteroatoms. The van der Waals surface area contributed by atoms with E-state index in [-0.39, 0.29) is 0 Å². The van der Waals surface area contributed by atoms with Crippen LogP contribution >= 0.6 is 11.8 Å². The summed E-state index contributed by atoms with van der Waals surface area (Å²) in [5.41, 5.74) is 5.43. The number of hydrogen-bond acceptors (Lipinski definition) is 5. The Kier molecular flexibility index (Phi) is 4.89. The first-order valence-corrected chi connectivity index (χ1v) is 6.81. The summed E-state index contributed by atoms with van der Waals surface area (Å²) in [6, 6.07) is 9.85. The zero-order chi connectivity index (χ0) is 12.6. The van der Waals surface area contributed by atoms with E-state index in [0.29, 0.717) is 11.1 Å². The maximum atomic E-state index is 5.60. The molecular formula is C12H16N4OS. The molecule has 0 aliphatic carbocycles. The normalized spacial score (nSPS) is 10.4. The van der Waals surface area contributed by atoms with Crippen molar-refractivity contribution in [2.24, 2.45) is 0 Å². The number of rotatable bonds is 7. The number of anilines is 1. The monoisotopic (exact) mass is 264 g/mol. The fourth-order valence-corrected chi connectivity index (χ4v) is 2.20. The van der Waals surface area contributed by atoms with Crippen LogP contribution in [0, 0.1) is 0 Å². The van der Waals surface area contributed by atoms with E-state index in [0.717, 1.165) is 31.0 Å². The van der Waals surface area contributed by atoms with Gasteiger partial charge in [-0.05, 0) is 25.0 Å². The lowest BCUT2D eigenvalue weighted by Gasteiger charge is -2.04. The minimum atomic E-state index is 0.366. The number of hydrogen-bond donors (Lipinski definition) is 2. The van der Waals surface area contributed by atoms with Crippen LogP contribution < -0.4 is 10.5 Å². The van der Waals surface area contributed by atoms with Crippen LogP contribution in [0.3, 0.4) is 0 Å². The molecule has 96 valence electrons. The van der Waals surface area contributed by atoms with E-state index >= 15 is 0 Å². The summed E-state index contributed by atoms with van der Waals surface area (Å²) in [4.78, 5) is 4.02. The number of nitrogen functional groups attached to an aromatic ring is 1. The molecule has 2 aromatic rings. The van der Waals surface area contributed by atoms with Gasteiger partial charge >= 0.3 is 0 Å². The number of H-pyrrole nitrogens is 1. The highest BCUT2D eigenvalue weighted by Crippen LogP contribution is 2.15. The standard InChI is InChI=1S/C12H16N4OS/c13-11-14-12(16-15-11)18-9-5-4-8-17-10-6-2-1-3-7-10/h1-3,6-7H,4-5,8-9H2,(H3,13,14,15,16). The van der Waals surface area contributed by atoms with Crippen LogP contribution in [-0.2, 0) is 0 Å². The number of para-hydroxylation sites is 1. The first-order chi connectivity index (χ1) is 8.84. The predicted octanol–water partition coefficient (Wildman–Crippen LogP) is 2.34. The first-order valence-electron chi connectivity index (χ1n) is 5.83. The molecular weight excluding hydrogens is 248 g/mol. The number of aromatic nitrogens is 3. The summed E-state index contributed by atoms with van der Waals surface area (Å²) in [6.45, 7) is 0.737. The number of unbranched alkanes of at least 4 members (excludes halogenated alkanes) is 1. The van der Waals surface area contributed by atoms with Gasteiger partial charge in [-0.1, -0.05) is 30.0 Å². The van der Waals surface area contributed by atoms with Crippen molar-refractivity contribution >= 4 is 17.7 Å². The van der Waals surface area contributed by atoms with E-state index in [2.05, 4.69) is 15.2 Å². The molecule has 0 radical (unpaired) electrons. The maximum absolute atomic E-state index is 5.60. The number of nitrogens with two attached hydrogens (primary N) is 1. The highest BCUT2D eigenvalue weighted by Gasteiger charge is 2.00. The Balaban J connectivity index is 1.54. The molecule has 0 fully saturated rings. The smallest absolute Gasteiger partial charge is 0.216 e. The highest BCUT2D eigenvalue weighted by atomic mass is 32.2. The molecule has 0 amide bonds. The second-order valence-corrected chi connectivity index (χ2v) is 4.78. The second kappa shape index (κ2) is 6.90. The molecule has 0 aliphatic heterocycles. The van der Waals surface area contributed by atoms with Crippen LogP contribution in [-0.4, -0.2) is 27.5 Å². The van der Waals surface area contributed by atoms with Gasteiger partial charge in [0.1, 0.15) is 5.75 Å². The van der Waals surface area contributed by atoms with Crippen molar-refractivity contribution in [2.75, 3.05) is 18.1 Å². The van der Waals surface area contributed by atoms with Crippen LogP contribution in [0.2, 0.25) is 0 Å². The van der Waals surface area contributed by atoms with Crippen molar-refractivity contribution in [3.63, 3.8) is 0 Å². The van der Waals surface area contributed by atoms with Gasteiger partial charge in [0.05, 0.1) is 6.61 Å². The van der Waals surface area contributed by atoms with Gasteiger partial charge in [-0.2, -0.15) is 4.98 Å². The van der Waals surface area contributed by atoms with Gasteiger partial charge in [0, 0.05) is 5.75 Å². The van der Waals surface area contributed by atoms with Crippen molar-refractivity contribution in [3.05, 3.63) is 30.3 Å². The topological polar surface area (TPSA) is 76.8 Å². The summed E-state index contributed by atoms with van der Waals surface area (Å²) in [6.07, 6.45) is 2.08. The van der Waals surface area contributed by atoms with Gasteiger partial charge in [-0.3, -0.25) is 0 Å². The third-order valence-corrected chi connectivity index (χ3v) is 3.20. The average molecular weight is 264 g/mol. The van der Waals surface area contributed by atoms with Crippen molar-refractivity contribution in [2.45, 2.75) is 18.0 Å². The van der Waals surface area contributed by atoms with E-state index in [9.17, 15) is 0 Å². The van der Waals surface area contributed by atoms with Crippen LogP contribution in [0.1, 0.15) is 12.8 Å². The fraction of sp³-hybridized carbons (Fsp3) is 0.333. The van der Waals surface area contributed by atoms with Gasteiger partial charge < -0.3 is 10.5 Å². The van der Waals surface area contributed by atoms with E-state index < -0.39 is 0 Å². The third kappa shape index (κ3) is 4.29. The number of nitrogens with one attached hydrogen (secondary N) is 1. The van der Waals surface area contributed by atoms with E-state index in [1.165, 1.54) is 0 Å². The molecule has 5 nitrogen and oxygen atoms in total. The van der Waals surface area contributed by atoms with Gasteiger partial charge in [0.15, 0.2) is 0 Å². The molecule has 1 aromatic carbocycles. The Hall–Kier alpha value is -1.69. The van der Waals surface area contributed by atoms with Crippen LogP contribution in [0.5, 0.6) is 5.75 Å². The highest BCUT2D eigenvalue weighted by molar-refractivity contribution is 7.99. The van der Waals surface area contributed by atoms with Gasteiger partial charge in [-0.15, -0.1) is 5.10 Å².